The first kappa shape index (κ1) is 19.8. The molecule has 0 radical (unpaired) electrons. The van der Waals surface area contributed by atoms with Gasteiger partial charge in [-0.05, 0) is 18.2 Å². The van der Waals surface area contributed by atoms with Crippen molar-refractivity contribution in [1.29, 1.82) is 0 Å². The number of hydrogen-bond acceptors (Lipinski definition) is 7. The maximum atomic E-state index is 12.1. The molecule has 0 saturated carbocycles. The standard InChI is InChI=1S/C19H15N5O4S/c1-13(25)23(16-7-3-2-4-8-16)19-21-15(12-29-19)11-20-22-18(26)14-6-5-9-17(10-14)24(27)28/h2-12H,1H3,(H,22,26)/b20-11-. The van der Waals surface area contributed by atoms with Crippen LogP contribution in [0.2, 0.25) is 0 Å². The Morgan fingerprint density at radius 2 is 1.97 bits per heavy atom. The number of nitro groups is 1. The summed E-state index contributed by atoms with van der Waals surface area (Å²) in [6.45, 7) is 1.45. The molecule has 2 aromatic carbocycles. The first-order valence-corrected chi connectivity index (χ1v) is 9.23. The number of hydrogen-bond donors (Lipinski definition) is 1. The molecule has 2 amide bonds. The van der Waals surface area contributed by atoms with E-state index in [0.29, 0.717) is 16.5 Å². The summed E-state index contributed by atoms with van der Waals surface area (Å²) < 4.78 is 0. The molecule has 0 saturated heterocycles. The van der Waals surface area contributed by atoms with Crippen molar-refractivity contribution in [3.63, 3.8) is 0 Å². The molecule has 0 aliphatic heterocycles. The van der Waals surface area contributed by atoms with Gasteiger partial charge in [0.1, 0.15) is 0 Å². The highest BCUT2D eigenvalue weighted by molar-refractivity contribution is 7.14. The van der Waals surface area contributed by atoms with Crippen LogP contribution >= 0.6 is 11.3 Å². The van der Waals surface area contributed by atoms with Crippen LogP contribution in [-0.2, 0) is 4.79 Å². The number of aromatic nitrogens is 1. The topological polar surface area (TPSA) is 118 Å². The van der Waals surface area contributed by atoms with Gasteiger partial charge in [-0.15, -0.1) is 11.3 Å². The molecule has 9 nitrogen and oxygen atoms in total. The van der Waals surface area contributed by atoms with E-state index in [0.717, 1.165) is 6.07 Å². The molecule has 0 spiro atoms. The highest BCUT2D eigenvalue weighted by atomic mass is 32.1. The molecule has 0 bridgehead atoms. The Labute approximate surface area is 169 Å². The number of thiazole rings is 1. The van der Waals surface area contributed by atoms with Crippen molar-refractivity contribution < 1.29 is 14.5 Å². The summed E-state index contributed by atoms with van der Waals surface area (Å²) in [7, 11) is 0. The predicted molar refractivity (Wildman–Crippen MR) is 110 cm³/mol. The van der Waals surface area contributed by atoms with Crippen LogP contribution in [0.15, 0.2) is 65.1 Å². The lowest BCUT2D eigenvalue weighted by Gasteiger charge is -2.17. The molecule has 0 aliphatic rings. The summed E-state index contributed by atoms with van der Waals surface area (Å²) in [5.41, 5.74) is 3.37. The molecule has 29 heavy (non-hydrogen) atoms. The number of nitrogens with zero attached hydrogens (tertiary/aromatic N) is 4. The third-order valence-corrected chi connectivity index (χ3v) is 4.56. The number of rotatable bonds is 6. The van der Waals surface area contributed by atoms with E-state index < -0.39 is 10.8 Å². The summed E-state index contributed by atoms with van der Waals surface area (Å²) in [5.74, 6) is -0.775. The zero-order valence-corrected chi connectivity index (χ0v) is 16.0. The van der Waals surface area contributed by atoms with Crippen molar-refractivity contribution in [3.05, 3.63) is 81.3 Å². The van der Waals surface area contributed by atoms with Crippen molar-refractivity contribution in [3.8, 4) is 0 Å². The quantitative estimate of drug-likeness (QED) is 0.380. The van der Waals surface area contributed by atoms with Crippen molar-refractivity contribution in [2.75, 3.05) is 4.90 Å². The molecule has 0 unspecified atom stereocenters. The number of nitro benzene ring substituents is 1. The number of carbonyl (C=O) groups is 2. The molecule has 3 rings (SSSR count). The minimum atomic E-state index is -0.588. The van der Waals surface area contributed by atoms with Crippen LogP contribution in [0.1, 0.15) is 23.0 Å². The largest absolute Gasteiger partial charge is 0.274 e. The molecular formula is C19H15N5O4S. The second kappa shape index (κ2) is 8.85. The number of nitrogens with one attached hydrogen (secondary N) is 1. The third-order valence-electron chi connectivity index (χ3n) is 3.71. The van der Waals surface area contributed by atoms with E-state index in [1.54, 1.807) is 17.5 Å². The summed E-state index contributed by atoms with van der Waals surface area (Å²) in [6, 6.07) is 14.4. The Balaban J connectivity index is 1.70. The van der Waals surface area contributed by atoms with Crippen LogP contribution in [0.4, 0.5) is 16.5 Å². The fourth-order valence-corrected chi connectivity index (χ4v) is 3.26. The number of non-ortho nitro benzene ring substituents is 1. The van der Waals surface area contributed by atoms with E-state index in [1.807, 2.05) is 18.2 Å². The zero-order valence-electron chi connectivity index (χ0n) is 15.2. The molecule has 0 aliphatic carbocycles. The van der Waals surface area contributed by atoms with Crippen molar-refractivity contribution in [1.82, 2.24) is 10.4 Å². The lowest BCUT2D eigenvalue weighted by Crippen LogP contribution is -2.22. The van der Waals surface area contributed by atoms with E-state index >= 15 is 0 Å². The lowest BCUT2D eigenvalue weighted by atomic mass is 10.2. The molecule has 146 valence electrons. The number of anilines is 2. The Hall–Kier alpha value is -3.92. The third kappa shape index (κ3) is 4.87. The van der Waals surface area contributed by atoms with Gasteiger partial charge in [0.15, 0.2) is 5.13 Å². The average Bonchev–Trinajstić information content (AvgIpc) is 3.17. The summed E-state index contributed by atoms with van der Waals surface area (Å²) in [5, 5.41) is 16.8. The Bertz CT molecular complexity index is 1080. The van der Waals surface area contributed by atoms with E-state index in [9.17, 15) is 19.7 Å². The predicted octanol–water partition coefficient (Wildman–Crippen LogP) is 3.50. The molecule has 0 fully saturated rings. The number of para-hydroxylation sites is 1. The number of hydrazone groups is 1. The highest BCUT2D eigenvalue weighted by Crippen LogP contribution is 2.28. The molecule has 1 N–H and O–H groups in total. The van der Waals surface area contributed by atoms with Gasteiger partial charge in [0.05, 0.1) is 22.5 Å². The normalized spacial score (nSPS) is 10.7. The molecular weight excluding hydrogens is 394 g/mol. The SMILES string of the molecule is CC(=O)N(c1ccccc1)c1nc(/C=N\NC(=O)c2cccc([N+](=O)[O-])c2)cs1. The van der Waals surface area contributed by atoms with Gasteiger partial charge < -0.3 is 0 Å². The number of benzene rings is 2. The second-order valence-electron chi connectivity index (χ2n) is 5.75. The summed E-state index contributed by atoms with van der Waals surface area (Å²) >= 11 is 1.26. The molecule has 10 heteroatoms. The van der Waals surface area contributed by atoms with Gasteiger partial charge in [0.2, 0.25) is 5.91 Å². The fourth-order valence-electron chi connectivity index (χ4n) is 2.42. The Morgan fingerprint density at radius 1 is 1.21 bits per heavy atom. The first-order chi connectivity index (χ1) is 14.0. The molecule has 0 atom stereocenters. The van der Waals surface area contributed by atoms with Gasteiger partial charge in [-0.3, -0.25) is 24.6 Å². The lowest BCUT2D eigenvalue weighted by molar-refractivity contribution is -0.384. The Kier molecular flexibility index (Phi) is 6.05. The van der Waals surface area contributed by atoms with Crippen LogP contribution in [0.3, 0.4) is 0 Å². The minimum Gasteiger partial charge on any atom is -0.274 e. The van der Waals surface area contributed by atoms with Gasteiger partial charge in [-0.25, -0.2) is 10.4 Å². The van der Waals surface area contributed by atoms with E-state index in [4.69, 9.17) is 0 Å². The zero-order chi connectivity index (χ0) is 20.8. The number of amides is 2. The summed E-state index contributed by atoms with van der Waals surface area (Å²) in [4.78, 5) is 40.2. The van der Waals surface area contributed by atoms with Gasteiger partial charge in [-0.1, -0.05) is 24.3 Å². The molecule has 1 heterocycles. The van der Waals surface area contributed by atoms with Gasteiger partial charge in [0.25, 0.3) is 11.6 Å². The molecule has 3 aromatic rings. The highest BCUT2D eigenvalue weighted by Gasteiger charge is 2.17. The van der Waals surface area contributed by atoms with Crippen LogP contribution in [-0.4, -0.2) is 27.9 Å². The van der Waals surface area contributed by atoms with Crippen LogP contribution in [0, 0.1) is 10.1 Å². The molecule has 1 aromatic heterocycles. The average molecular weight is 409 g/mol. The fraction of sp³-hybridized carbons (Fsp3) is 0.0526. The Morgan fingerprint density at radius 3 is 2.66 bits per heavy atom. The maximum Gasteiger partial charge on any atom is 0.271 e. The summed E-state index contributed by atoms with van der Waals surface area (Å²) in [6.07, 6.45) is 1.33. The monoisotopic (exact) mass is 409 g/mol. The maximum absolute atomic E-state index is 12.1. The van der Waals surface area contributed by atoms with Gasteiger partial charge in [0, 0.05) is 30.0 Å². The van der Waals surface area contributed by atoms with Crippen LogP contribution in [0.25, 0.3) is 0 Å². The minimum absolute atomic E-state index is 0.113. The van der Waals surface area contributed by atoms with Gasteiger partial charge >= 0.3 is 0 Å². The van der Waals surface area contributed by atoms with Gasteiger partial charge in [-0.2, -0.15) is 5.10 Å². The van der Waals surface area contributed by atoms with Crippen molar-refractivity contribution in [2.24, 2.45) is 5.10 Å². The van der Waals surface area contributed by atoms with E-state index in [1.165, 1.54) is 47.6 Å². The van der Waals surface area contributed by atoms with E-state index in [2.05, 4.69) is 15.5 Å². The van der Waals surface area contributed by atoms with Crippen LogP contribution in [0.5, 0.6) is 0 Å². The van der Waals surface area contributed by atoms with Crippen LogP contribution < -0.4 is 10.3 Å². The number of carbonyl (C=O) groups excluding carboxylic acids is 2. The second-order valence-corrected chi connectivity index (χ2v) is 6.59. The van der Waals surface area contributed by atoms with E-state index in [-0.39, 0.29) is 17.2 Å². The van der Waals surface area contributed by atoms with Crippen molar-refractivity contribution >= 4 is 45.9 Å². The first-order valence-electron chi connectivity index (χ1n) is 8.35. The smallest absolute Gasteiger partial charge is 0.271 e. The van der Waals surface area contributed by atoms with Crippen molar-refractivity contribution in [2.45, 2.75) is 6.92 Å².